The molecule has 128 valence electrons. The van der Waals surface area contributed by atoms with Crippen molar-refractivity contribution in [2.24, 2.45) is 0 Å². The van der Waals surface area contributed by atoms with Crippen molar-refractivity contribution in [2.75, 3.05) is 6.54 Å². The van der Waals surface area contributed by atoms with Crippen LogP contribution >= 0.6 is 0 Å². The summed E-state index contributed by atoms with van der Waals surface area (Å²) in [4.78, 5) is 30.3. The minimum absolute atomic E-state index is 0.0486. The zero-order valence-corrected chi connectivity index (χ0v) is 14.5. The highest BCUT2D eigenvalue weighted by Crippen LogP contribution is 2.33. The first-order valence-corrected chi connectivity index (χ1v) is 8.49. The van der Waals surface area contributed by atoms with Gasteiger partial charge in [0, 0.05) is 36.0 Å². The second-order valence-corrected chi connectivity index (χ2v) is 6.56. The van der Waals surface area contributed by atoms with Crippen molar-refractivity contribution < 1.29 is 9.59 Å². The summed E-state index contributed by atoms with van der Waals surface area (Å²) < 4.78 is 0. The van der Waals surface area contributed by atoms with Gasteiger partial charge >= 0.3 is 0 Å². The molecule has 26 heavy (non-hydrogen) atoms. The van der Waals surface area contributed by atoms with E-state index in [0.29, 0.717) is 17.7 Å². The number of pyridine rings is 1. The van der Waals surface area contributed by atoms with Crippen molar-refractivity contribution in [3.8, 4) is 11.3 Å². The highest BCUT2D eigenvalue weighted by atomic mass is 16.2. The summed E-state index contributed by atoms with van der Waals surface area (Å²) in [5.41, 5.74) is 4.07. The third-order valence-electron chi connectivity index (χ3n) is 4.84. The third kappa shape index (κ3) is 2.69. The Labute approximate surface area is 151 Å². The van der Waals surface area contributed by atoms with Crippen LogP contribution in [0.25, 0.3) is 22.0 Å². The van der Waals surface area contributed by atoms with Gasteiger partial charge in [0.2, 0.25) is 0 Å². The fourth-order valence-corrected chi connectivity index (χ4v) is 3.35. The lowest BCUT2D eigenvalue weighted by Crippen LogP contribution is -2.27. The van der Waals surface area contributed by atoms with Crippen LogP contribution in [0.3, 0.4) is 0 Å². The van der Waals surface area contributed by atoms with E-state index >= 15 is 0 Å². The topological polar surface area (TPSA) is 50.3 Å². The molecule has 1 aliphatic rings. The van der Waals surface area contributed by atoms with Gasteiger partial charge in [-0.1, -0.05) is 30.8 Å². The summed E-state index contributed by atoms with van der Waals surface area (Å²) in [5.74, 6) is -0.136. The van der Waals surface area contributed by atoms with Crippen molar-refractivity contribution >= 4 is 22.5 Å². The molecule has 1 amide bonds. The average Bonchev–Trinajstić information content (AvgIpc) is 2.98. The van der Waals surface area contributed by atoms with Gasteiger partial charge in [-0.3, -0.25) is 14.6 Å². The summed E-state index contributed by atoms with van der Waals surface area (Å²) in [6.07, 6.45) is 1.77. The van der Waals surface area contributed by atoms with Crippen molar-refractivity contribution in [3.63, 3.8) is 0 Å². The van der Waals surface area contributed by atoms with Crippen LogP contribution in [-0.4, -0.2) is 28.1 Å². The van der Waals surface area contributed by atoms with Crippen LogP contribution < -0.4 is 0 Å². The summed E-state index contributed by atoms with van der Waals surface area (Å²) >= 11 is 0. The molecule has 0 fully saturated rings. The molecule has 1 aliphatic heterocycles. The molecule has 0 spiro atoms. The number of carbonyl (C=O) groups is 2. The number of nitrogens with zero attached hydrogens (tertiary/aromatic N) is 2. The number of benzene rings is 2. The summed E-state index contributed by atoms with van der Waals surface area (Å²) in [6.45, 7) is 6.01. The Bertz CT molecular complexity index is 1050. The lowest BCUT2D eigenvalue weighted by Gasteiger charge is -2.15. The number of hydrogen-bond donors (Lipinski definition) is 0. The van der Waals surface area contributed by atoms with E-state index in [0.717, 1.165) is 27.6 Å². The standard InChI is InChI=1S/C22H18N2O2/c1-14(15(2)25)12-24-13-20-18(22(24)26)9-8-16-6-7-17(11-19(16)20)21-5-3-4-10-23-21/h3-11H,1,12-13H2,2H3. The third-order valence-corrected chi connectivity index (χ3v) is 4.84. The number of aromatic nitrogens is 1. The Hall–Kier alpha value is -3.27. The van der Waals surface area contributed by atoms with E-state index in [2.05, 4.69) is 23.7 Å². The predicted molar refractivity (Wildman–Crippen MR) is 102 cm³/mol. The molecule has 4 heteroatoms. The largest absolute Gasteiger partial charge is 0.330 e. The van der Waals surface area contributed by atoms with E-state index in [4.69, 9.17) is 0 Å². The normalized spacial score (nSPS) is 13.1. The Morgan fingerprint density at radius 1 is 1.19 bits per heavy atom. The molecule has 2 aromatic carbocycles. The monoisotopic (exact) mass is 342 g/mol. The Balaban J connectivity index is 1.77. The van der Waals surface area contributed by atoms with E-state index < -0.39 is 0 Å². The SMILES string of the molecule is C=C(CN1Cc2c(ccc3ccc(-c4ccccn4)cc23)C1=O)C(C)=O. The number of carbonyl (C=O) groups excluding carboxylic acids is 2. The second-order valence-electron chi connectivity index (χ2n) is 6.56. The molecule has 0 bridgehead atoms. The maximum atomic E-state index is 12.7. The molecule has 3 aromatic rings. The summed E-state index contributed by atoms with van der Waals surface area (Å²) in [6, 6.07) is 15.9. The Morgan fingerprint density at radius 3 is 2.73 bits per heavy atom. The van der Waals surface area contributed by atoms with E-state index in [9.17, 15) is 9.59 Å². The van der Waals surface area contributed by atoms with Crippen molar-refractivity contribution in [1.29, 1.82) is 0 Å². The first-order chi connectivity index (χ1) is 12.5. The smallest absolute Gasteiger partial charge is 0.254 e. The van der Waals surface area contributed by atoms with Gasteiger partial charge in [0.25, 0.3) is 5.91 Å². The minimum Gasteiger partial charge on any atom is -0.330 e. The van der Waals surface area contributed by atoms with Crippen molar-refractivity contribution in [1.82, 2.24) is 9.88 Å². The summed E-state index contributed by atoms with van der Waals surface area (Å²) in [5, 5.41) is 2.14. The van der Waals surface area contributed by atoms with Crippen molar-refractivity contribution in [2.45, 2.75) is 13.5 Å². The molecular formula is C22H18N2O2. The van der Waals surface area contributed by atoms with Gasteiger partial charge in [-0.05, 0) is 47.5 Å². The molecule has 4 nitrogen and oxygen atoms in total. The lowest BCUT2D eigenvalue weighted by atomic mass is 9.98. The van der Waals surface area contributed by atoms with Gasteiger partial charge < -0.3 is 4.90 Å². The van der Waals surface area contributed by atoms with Gasteiger partial charge in [-0.25, -0.2) is 0 Å². The van der Waals surface area contributed by atoms with E-state index in [1.165, 1.54) is 6.92 Å². The fraction of sp³-hybridized carbons (Fsp3) is 0.136. The van der Waals surface area contributed by atoms with E-state index in [-0.39, 0.29) is 18.2 Å². The molecule has 0 unspecified atom stereocenters. The van der Waals surface area contributed by atoms with Gasteiger partial charge in [-0.15, -0.1) is 0 Å². The molecule has 0 radical (unpaired) electrons. The molecule has 4 rings (SSSR count). The van der Waals surface area contributed by atoms with Crippen LogP contribution in [-0.2, 0) is 11.3 Å². The first kappa shape index (κ1) is 16.2. The van der Waals surface area contributed by atoms with E-state index in [1.54, 1.807) is 11.1 Å². The second kappa shape index (κ2) is 6.23. The van der Waals surface area contributed by atoms with Gasteiger partial charge in [0.15, 0.2) is 5.78 Å². The molecule has 0 saturated carbocycles. The van der Waals surface area contributed by atoms with Crippen LogP contribution in [0.1, 0.15) is 22.8 Å². The summed E-state index contributed by atoms with van der Waals surface area (Å²) in [7, 11) is 0. The Morgan fingerprint density at radius 2 is 2.00 bits per heavy atom. The van der Waals surface area contributed by atoms with Crippen LogP contribution in [0.2, 0.25) is 0 Å². The molecule has 0 N–H and O–H groups in total. The maximum absolute atomic E-state index is 12.7. The highest BCUT2D eigenvalue weighted by molar-refractivity contribution is 6.05. The molecule has 0 atom stereocenters. The van der Waals surface area contributed by atoms with E-state index in [1.807, 2.05) is 36.4 Å². The molecule has 0 saturated heterocycles. The fourth-order valence-electron chi connectivity index (χ4n) is 3.35. The zero-order chi connectivity index (χ0) is 18.3. The quantitative estimate of drug-likeness (QED) is 0.673. The number of fused-ring (bicyclic) bond motifs is 3. The van der Waals surface area contributed by atoms with Crippen LogP contribution in [0, 0.1) is 0 Å². The van der Waals surface area contributed by atoms with Crippen LogP contribution in [0.15, 0.2) is 66.9 Å². The predicted octanol–water partition coefficient (Wildman–Crippen LogP) is 4.00. The average molecular weight is 342 g/mol. The van der Waals surface area contributed by atoms with Gasteiger partial charge in [0.05, 0.1) is 5.69 Å². The van der Waals surface area contributed by atoms with Crippen LogP contribution in [0.4, 0.5) is 0 Å². The van der Waals surface area contributed by atoms with Crippen LogP contribution in [0.5, 0.6) is 0 Å². The molecular weight excluding hydrogens is 324 g/mol. The van der Waals surface area contributed by atoms with Crippen molar-refractivity contribution in [3.05, 3.63) is 78.0 Å². The number of Topliss-reactive ketones (excluding diaryl/α,β-unsaturated/α-hetero) is 1. The van der Waals surface area contributed by atoms with Gasteiger partial charge in [0.1, 0.15) is 0 Å². The molecule has 0 aliphatic carbocycles. The van der Waals surface area contributed by atoms with Gasteiger partial charge in [-0.2, -0.15) is 0 Å². The number of hydrogen-bond acceptors (Lipinski definition) is 3. The molecule has 2 heterocycles. The lowest BCUT2D eigenvalue weighted by molar-refractivity contribution is -0.113. The maximum Gasteiger partial charge on any atom is 0.254 e. The number of ketones is 1. The Kier molecular flexibility index (Phi) is 3.88. The molecule has 1 aromatic heterocycles. The number of rotatable bonds is 4. The first-order valence-electron chi connectivity index (χ1n) is 8.49. The minimum atomic E-state index is -0.0870. The highest BCUT2D eigenvalue weighted by Gasteiger charge is 2.29. The zero-order valence-electron chi connectivity index (χ0n) is 14.5. The number of amides is 1.